The number of hydrogen-bond donors (Lipinski definition) is 1. The van der Waals surface area contributed by atoms with Crippen molar-refractivity contribution in [3.05, 3.63) is 53.1 Å². The lowest BCUT2D eigenvalue weighted by molar-refractivity contribution is 0.0922. The smallest absolute Gasteiger partial charge is 0.287 e. The van der Waals surface area contributed by atoms with Crippen molar-refractivity contribution in [2.75, 3.05) is 26.7 Å². The largest absolute Gasteiger partial charge is 0.451 e. The highest BCUT2D eigenvalue weighted by Gasteiger charge is 2.21. The highest BCUT2D eigenvalue weighted by Crippen LogP contribution is 2.33. The lowest BCUT2D eigenvalue weighted by Gasteiger charge is -2.28. The van der Waals surface area contributed by atoms with Crippen LogP contribution in [-0.2, 0) is 5.75 Å². The maximum atomic E-state index is 12.9. The van der Waals surface area contributed by atoms with E-state index in [0.29, 0.717) is 18.2 Å². The second-order valence-electron chi connectivity index (χ2n) is 7.42. The average Bonchev–Trinajstić information content (AvgIpc) is 3.35. The molecule has 1 aliphatic heterocycles. The summed E-state index contributed by atoms with van der Waals surface area (Å²) in [5.74, 6) is 1.82. The van der Waals surface area contributed by atoms with E-state index in [0.717, 1.165) is 41.8 Å². The average molecular weight is 415 g/mol. The summed E-state index contributed by atoms with van der Waals surface area (Å²) in [6.45, 7) is 3.03. The summed E-state index contributed by atoms with van der Waals surface area (Å²) in [5.41, 5.74) is 1.77. The fourth-order valence-corrected chi connectivity index (χ4v) is 5.55. The summed E-state index contributed by atoms with van der Waals surface area (Å²) in [5, 5.41) is 6.21. The molecule has 1 saturated heterocycles. The second-order valence-corrected chi connectivity index (χ2v) is 9.64. The molecule has 0 spiro atoms. The van der Waals surface area contributed by atoms with Crippen LogP contribution in [0.1, 0.15) is 35.4 Å². The van der Waals surface area contributed by atoms with Gasteiger partial charge in [0.1, 0.15) is 5.58 Å². The Morgan fingerprint density at radius 2 is 2.07 bits per heavy atom. The molecule has 0 unspecified atom stereocenters. The maximum absolute atomic E-state index is 12.9. The van der Waals surface area contributed by atoms with E-state index in [1.807, 2.05) is 24.3 Å². The van der Waals surface area contributed by atoms with Gasteiger partial charge in [-0.15, -0.1) is 23.1 Å². The van der Waals surface area contributed by atoms with E-state index >= 15 is 0 Å². The van der Waals surface area contributed by atoms with Crippen LogP contribution in [0.5, 0.6) is 0 Å². The Morgan fingerprint density at radius 3 is 2.86 bits per heavy atom. The molecule has 1 aromatic carbocycles. The Balaban J connectivity index is 1.42. The molecule has 0 aliphatic carbocycles. The molecule has 3 heterocycles. The van der Waals surface area contributed by atoms with Gasteiger partial charge in [0.15, 0.2) is 5.76 Å². The molecule has 1 amide bonds. The van der Waals surface area contributed by atoms with Crippen LogP contribution >= 0.6 is 23.1 Å². The maximum Gasteiger partial charge on any atom is 0.287 e. The Bertz CT molecular complexity index is 912. The number of nitrogens with one attached hydrogen (secondary N) is 1. The number of piperidine rings is 1. The standard InChI is InChI=1S/C22H26N2O2S2/c1-24-12-9-16(10-13-24)8-11-23-22(25)21-18(15-28-20-7-4-14-27-20)17-5-2-3-6-19(17)26-21/h2-7,14,16H,8-13,15H2,1H3,(H,23,25). The van der Waals surface area contributed by atoms with Gasteiger partial charge in [-0.25, -0.2) is 0 Å². The van der Waals surface area contributed by atoms with Crippen LogP contribution in [-0.4, -0.2) is 37.5 Å². The van der Waals surface area contributed by atoms with Crippen molar-refractivity contribution >= 4 is 40.0 Å². The number of nitrogens with zero attached hydrogens (tertiary/aromatic N) is 1. The quantitative estimate of drug-likeness (QED) is 0.537. The van der Waals surface area contributed by atoms with E-state index in [4.69, 9.17) is 4.42 Å². The van der Waals surface area contributed by atoms with Gasteiger partial charge in [0.2, 0.25) is 0 Å². The van der Waals surface area contributed by atoms with Crippen LogP contribution in [0.15, 0.2) is 50.4 Å². The molecule has 3 aromatic rings. The Labute approximate surface area is 174 Å². The van der Waals surface area contributed by atoms with Gasteiger partial charge in [-0.1, -0.05) is 24.3 Å². The minimum atomic E-state index is -0.0918. The van der Waals surface area contributed by atoms with Gasteiger partial charge >= 0.3 is 0 Å². The van der Waals surface area contributed by atoms with Crippen LogP contribution < -0.4 is 5.32 Å². The molecule has 6 heteroatoms. The molecule has 4 rings (SSSR count). The number of furan rings is 1. The van der Waals surface area contributed by atoms with Crippen LogP contribution in [0, 0.1) is 5.92 Å². The molecule has 4 nitrogen and oxygen atoms in total. The highest BCUT2D eigenvalue weighted by molar-refractivity contribution is 8.00. The monoisotopic (exact) mass is 414 g/mol. The first-order chi connectivity index (χ1) is 13.7. The molecule has 0 bridgehead atoms. The van der Waals surface area contributed by atoms with Gasteiger partial charge in [0.25, 0.3) is 5.91 Å². The molecular weight excluding hydrogens is 388 g/mol. The van der Waals surface area contributed by atoms with Crippen molar-refractivity contribution in [1.82, 2.24) is 10.2 Å². The van der Waals surface area contributed by atoms with Gasteiger partial charge in [0, 0.05) is 23.2 Å². The lowest BCUT2D eigenvalue weighted by atomic mass is 9.94. The van der Waals surface area contributed by atoms with Crippen molar-refractivity contribution < 1.29 is 9.21 Å². The van der Waals surface area contributed by atoms with Crippen LogP contribution in [0.25, 0.3) is 11.0 Å². The molecule has 2 aromatic heterocycles. The molecule has 1 fully saturated rings. The normalized spacial score (nSPS) is 15.9. The number of benzene rings is 1. The molecule has 1 N–H and O–H groups in total. The molecule has 1 aliphatic rings. The number of amides is 1. The number of carbonyl (C=O) groups excluding carboxylic acids is 1. The predicted octanol–water partition coefficient (Wildman–Crippen LogP) is 5.25. The van der Waals surface area contributed by atoms with E-state index < -0.39 is 0 Å². The molecule has 28 heavy (non-hydrogen) atoms. The molecular formula is C22H26N2O2S2. The van der Waals surface area contributed by atoms with Crippen molar-refractivity contribution in [3.8, 4) is 0 Å². The summed E-state index contributed by atoms with van der Waals surface area (Å²) in [6, 6.07) is 12.1. The fraction of sp³-hybridized carbons (Fsp3) is 0.409. The fourth-order valence-electron chi connectivity index (χ4n) is 3.74. The number of para-hydroxylation sites is 1. The summed E-state index contributed by atoms with van der Waals surface area (Å²) < 4.78 is 7.21. The van der Waals surface area contributed by atoms with Crippen molar-refractivity contribution in [2.24, 2.45) is 5.92 Å². The van der Waals surface area contributed by atoms with E-state index in [1.54, 1.807) is 23.1 Å². The van der Waals surface area contributed by atoms with E-state index in [1.165, 1.54) is 17.1 Å². The summed E-state index contributed by atoms with van der Waals surface area (Å²) in [6.07, 6.45) is 3.48. The molecule has 0 radical (unpaired) electrons. The van der Waals surface area contributed by atoms with Crippen LogP contribution in [0.2, 0.25) is 0 Å². The Hall–Kier alpha value is -1.76. The van der Waals surface area contributed by atoms with Crippen LogP contribution in [0.4, 0.5) is 0 Å². The highest BCUT2D eigenvalue weighted by atomic mass is 32.2. The van der Waals surface area contributed by atoms with Crippen molar-refractivity contribution in [1.29, 1.82) is 0 Å². The van der Waals surface area contributed by atoms with Crippen LogP contribution in [0.3, 0.4) is 0 Å². The Morgan fingerprint density at radius 1 is 1.25 bits per heavy atom. The number of thiophene rings is 1. The summed E-state index contributed by atoms with van der Waals surface area (Å²) in [7, 11) is 2.18. The third-order valence-corrected chi connectivity index (χ3v) is 7.59. The van der Waals surface area contributed by atoms with Gasteiger partial charge < -0.3 is 14.6 Å². The molecule has 0 atom stereocenters. The van der Waals surface area contributed by atoms with Gasteiger partial charge in [0.05, 0.1) is 4.21 Å². The predicted molar refractivity (Wildman–Crippen MR) is 117 cm³/mol. The minimum Gasteiger partial charge on any atom is -0.451 e. The minimum absolute atomic E-state index is 0.0918. The van der Waals surface area contributed by atoms with Crippen molar-refractivity contribution in [2.45, 2.75) is 29.2 Å². The SMILES string of the molecule is CN1CCC(CCNC(=O)c2oc3ccccc3c2CSc2cccs2)CC1. The summed E-state index contributed by atoms with van der Waals surface area (Å²) >= 11 is 3.47. The van der Waals surface area contributed by atoms with E-state index in [2.05, 4.69) is 34.8 Å². The zero-order valence-corrected chi connectivity index (χ0v) is 17.8. The second kappa shape index (κ2) is 9.16. The first-order valence-electron chi connectivity index (χ1n) is 9.84. The Kier molecular flexibility index (Phi) is 6.40. The topological polar surface area (TPSA) is 45.5 Å². The number of carbonyl (C=O) groups is 1. The van der Waals surface area contributed by atoms with Crippen molar-refractivity contribution in [3.63, 3.8) is 0 Å². The number of rotatable bonds is 7. The first-order valence-corrected chi connectivity index (χ1v) is 11.7. The van der Waals surface area contributed by atoms with Gasteiger partial charge in [-0.3, -0.25) is 4.79 Å². The van der Waals surface area contributed by atoms with E-state index in [9.17, 15) is 4.79 Å². The number of likely N-dealkylation sites (tertiary alicyclic amines) is 1. The number of thioether (sulfide) groups is 1. The third-order valence-electron chi connectivity index (χ3n) is 5.43. The summed E-state index contributed by atoms with van der Waals surface area (Å²) in [4.78, 5) is 15.2. The number of hydrogen-bond acceptors (Lipinski definition) is 5. The van der Waals surface area contributed by atoms with Gasteiger partial charge in [-0.05, 0) is 62.8 Å². The van der Waals surface area contributed by atoms with E-state index in [-0.39, 0.29) is 5.91 Å². The molecule has 0 saturated carbocycles. The first kappa shape index (κ1) is 19.6. The lowest BCUT2D eigenvalue weighted by Crippen LogP contribution is -2.32. The number of fused-ring (bicyclic) bond motifs is 1. The zero-order valence-electron chi connectivity index (χ0n) is 16.1. The molecule has 148 valence electrons. The third kappa shape index (κ3) is 4.62. The zero-order chi connectivity index (χ0) is 19.3. The van der Waals surface area contributed by atoms with Gasteiger partial charge in [-0.2, -0.15) is 0 Å².